The molecule has 1 saturated carbocycles. The van der Waals surface area contributed by atoms with Crippen LogP contribution in [0.5, 0.6) is 6.01 Å². The third-order valence-electron chi connectivity index (χ3n) is 7.64. The molecule has 1 saturated heterocycles. The van der Waals surface area contributed by atoms with Crippen molar-refractivity contribution in [2.24, 2.45) is 11.3 Å². The van der Waals surface area contributed by atoms with Crippen molar-refractivity contribution < 1.29 is 23.4 Å². The van der Waals surface area contributed by atoms with Gasteiger partial charge in [0.15, 0.2) is 11.0 Å². The summed E-state index contributed by atoms with van der Waals surface area (Å²) in [4.78, 5) is 26.6. The van der Waals surface area contributed by atoms with Crippen molar-refractivity contribution in [3.63, 3.8) is 0 Å². The summed E-state index contributed by atoms with van der Waals surface area (Å²) in [5, 5.41) is 9.19. The van der Waals surface area contributed by atoms with Crippen LogP contribution in [0.2, 0.25) is 5.15 Å². The number of rotatable bonds is 11. The summed E-state index contributed by atoms with van der Waals surface area (Å²) in [6.45, 7) is 20.4. The number of pyridine rings is 1. The number of nitrogens with zero attached hydrogens (tertiary/aromatic N) is 4. The molecule has 4 rings (SSSR count). The van der Waals surface area contributed by atoms with Crippen LogP contribution in [0.25, 0.3) is 17.0 Å². The van der Waals surface area contributed by atoms with E-state index in [0.29, 0.717) is 29.4 Å². The molecule has 2 aromatic heterocycles. The predicted molar refractivity (Wildman–Crippen MR) is 173 cm³/mol. The molecule has 0 bridgehead atoms. The highest BCUT2D eigenvalue weighted by atomic mass is 35.5. The molecule has 1 aliphatic carbocycles. The zero-order chi connectivity index (χ0) is 32.7. The van der Waals surface area contributed by atoms with E-state index in [1.165, 1.54) is 6.08 Å². The molecule has 0 aromatic carbocycles. The van der Waals surface area contributed by atoms with Gasteiger partial charge in [-0.15, -0.1) is 0 Å². The summed E-state index contributed by atoms with van der Waals surface area (Å²) in [6, 6.07) is 0.411. The zero-order valence-corrected chi connectivity index (χ0v) is 28.1. The molecule has 246 valence electrons. The Hall–Kier alpha value is -2.80. The number of nitrogens with one attached hydrogen (secondary N) is 3. The van der Waals surface area contributed by atoms with E-state index in [9.17, 15) is 9.18 Å². The minimum atomic E-state index is -0.694. The minimum Gasteiger partial charge on any atom is -0.463 e. The number of alkyl carbamates (subject to hydrolysis) is 1. The first-order valence-corrected chi connectivity index (χ1v) is 15.6. The van der Waals surface area contributed by atoms with Crippen LogP contribution in [-0.4, -0.2) is 97.2 Å². The molecule has 1 aliphatic heterocycles. The van der Waals surface area contributed by atoms with Gasteiger partial charge < -0.3 is 30.2 Å². The SMILES string of the molecule is C=Cc1nc(Cl)c(F)c2nc(OCC3(CN4CCOCC4)CC3)nc(NC)c12.CNC(C(C)C)C(C)NC(=O)OC(C)(C)C. The van der Waals surface area contributed by atoms with Crippen LogP contribution in [0.4, 0.5) is 15.0 Å². The summed E-state index contributed by atoms with van der Waals surface area (Å²) in [5.41, 5.74) is 0.151. The number of carbonyl (C=O) groups excluding carboxylic acids is 1. The fourth-order valence-corrected chi connectivity index (χ4v) is 5.44. The number of amides is 1. The molecule has 11 nitrogen and oxygen atoms in total. The van der Waals surface area contributed by atoms with Gasteiger partial charge in [0.25, 0.3) is 0 Å². The van der Waals surface area contributed by atoms with Crippen LogP contribution in [0.15, 0.2) is 6.58 Å². The summed E-state index contributed by atoms with van der Waals surface area (Å²) in [5.74, 6) is 0.186. The van der Waals surface area contributed by atoms with Gasteiger partial charge in [0.1, 0.15) is 16.9 Å². The lowest BCUT2D eigenvalue weighted by Gasteiger charge is -2.30. The number of fused-ring (bicyclic) bond motifs is 1. The van der Waals surface area contributed by atoms with E-state index in [4.69, 9.17) is 25.8 Å². The predicted octanol–water partition coefficient (Wildman–Crippen LogP) is 5.14. The highest BCUT2D eigenvalue weighted by Gasteiger charge is 2.45. The summed E-state index contributed by atoms with van der Waals surface area (Å²) in [6.07, 6.45) is 3.34. The second kappa shape index (κ2) is 15.5. The van der Waals surface area contributed by atoms with E-state index in [1.54, 1.807) is 7.05 Å². The summed E-state index contributed by atoms with van der Waals surface area (Å²) < 4.78 is 31.1. The van der Waals surface area contributed by atoms with Crippen LogP contribution >= 0.6 is 11.6 Å². The second-order valence-corrected chi connectivity index (χ2v) is 13.2. The van der Waals surface area contributed by atoms with Crippen molar-refractivity contribution in [1.82, 2.24) is 30.5 Å². The van der Waals surface area contributed by atoms with Crippen molar-refractivity contribution in [2.45, 2.75) is 72.1 Å². The fraction of sp³-hybridized carbons (Fsp3) is 0.677. The Morgan fingerprint density at radius 3 is 2.36 bits per heavy atom. The molecule has 2 fully saturated rings. The number of carbonyl (C=O) groups is 1. The van der Waals surface area contributed by atoms with Gasteiger partial charge >= 0.3 is 12.1 Å². The second-order valence-electron chi connectivity index (χ2n) is 12.8. The smallest absolute Gasteiger partial charge is 0.407 e. The molecule has 2 aromatic rings. The van der Waals surface area contributed by atoms with Crippen molar-refractivity contribution in [3.8, 4) is 6.01 Å². The molecule has 2 unspecified atom stereocenters. The van der Waals surface area contributed by atoms with Gasteiger partial charge in [-0.1, -0.05) is 32.0 Å². The van der Waals surface area contributed by atoms with Crippen molar-refractivity contribution in [2.75, 3.05) is 58.9 Å². The molecule has 13 heteroatoms. The minimum absolute atomic E-state index is 0.0415. The molecule has 44 heavy (non-hydrogen) atoms. The van der Waals surface area contributed by atoms with Gasteiger partial charge in [0, 0.05) is 44.2 Å². The van der Waals surface area contributed by atoms with Crippen molar-refractivity contribution in [3.05, 3.63) is 23.2 Å². The van der Waals surface area contributed by atoms with Gasteiger partial charge in [0.2, 0.25) is 0 Å². The Morgan fingerprint density at radius 2 is 1.84 bits per heavy atom. The van der Waals surface area contributed by atoms with Crippen LogP contribution in [0, 0.1) is 17.2 Å². The zero-order valence-electron chi connectivity index (χ0n) is 27.4. The molecule has 1 amide bonds. The van der Waals surface area contributed by atoms with E-state index < -0.39 is 11.4 Å². The quantitative estimate of drug-likeness (QED) is 0.286. The van der Waals surface area contributed by atoms with Gasteiger partial charge in [-0.05, 0) is 59.6 Å². The maximum atomic E-state index is 14.6. The molecule has 2 atom stereocenters. The number of ether oxygens (including phenoxy) is 3. The molecule has 0 radical (unpaired) electrons. The first-order valence-electron chi connectivity index (χ1n) is 15.2. The van der Waals surface area contributed by atoms with E-state index in [-0.39, 0.29) is 40.3 Å². The fourth-order valence-electron chi connectivity index (χ4n) is 5.26. The molecule has 2 aliphatic rings. The summed E-state index contributed by atoms with van der Waals surface area (Å²) >= 11 is 5.92. The van der Waals surface area contributed by atoms with E-state index in [2.05, 4.69) is 56.2 Å². The normalized spacial score (nSPS) is 17.7. The number of hydrogen-bond donors (Lipinski definition) is 3. The van der Waals surface area contributed by atoms with Crippen molar-refractivity contribution in [1.29, 1.82) is 0 Å². The number of anilines is 1. The van der Waals surface area contributed by atoms with Crippen LogP contribution in [0.3, 0.4) is 0 Å². The lowest BCUT2D eigenvalue weighted by atomic mass is 9.98. The molecular weight excluding hydrogens is 589 g/mol. The third-order valence-corrected chi connectivity index (χ3v) is 7.89. The lowest BCUT2D eigenvalue weighted by Crippen LogP contribution is -2.50. The number of aromatic nitrogens is 3. The van der Waals surface area contributed by atoms with Gasteiger partial charge in [0.05, 0.1) is 30.9 Å². The van der Waals surface area contributed by atoms with Crippen LogP contribution < -0.4 is 20.7 Å². The molecule has 0 spiro atoms. The Labute approximate surface area is 265 Å². The molecule has 3 heterocycles. The third kappa shape index (κ3) is 9.85. The Balaban J connectivity index is 0.000000284. The molecule has 3 N–H and O–H groups in total. The van der Waals surface area contributed by atoms with Crippen LogP contribution in [0.1, 0.15) is 60.1 Å². The maximum absolute atomic E-state index is 14.6. The van der Waals surface area contributed by atoms with Crippen LogP contribution in [-0.2, 0) is 9.47 Å². The largest absolute Gasteiger partial charge is 0.463 e. The van der Waals surface area contributed by atoms with Gasteiger partial charge in [-0.2, -0.15) is 9.97 Å². The Bertz CT molecular complexity index is 1280. The molecular formula is C31H49ClFN7O4. The standard InChI is InChI=1S/C19H23ClFN5O2.C12H26N2O2/c1-3-12-13-15(14(21)16(20)23-12)24-18(25-17(13)22-2)28-11-19(4-5-19)10-26-6-8-27-9-7-26;1-8(2)10(13-7)9(3)14-11(15)16-12(4,5)6/h3H,1,4-11H2,2H3,(H,22,24,25);8-10,13H,1-7H3,(H,14,15). The average Bonchev–Trinajstić information content (AvgIpc) is 3.72. The van der Waals surface area contributed by atoms with E-state index in [0.717, 1.165) is 45.7 Å². The lowest BCUT2D eigenvalue weighted by molar-refractivity contribution is 0.0231. The maximum Gasteiger partial charge on any atom is 0.407 e. The van der Waals surface area contributed by atoms with E-state index in [1.807, 2.05) is 34.7 Å². The first-order chi connectivity index (χ1) is 20.7. The van der Waals surface area contributed by atoms with Crippen molar-refractivity contribution >= 4 is 40.5 Å². The number of likely N-dealkylation sites (N-methyl/N-ethyl adjacent to an activating group) is 1. The first kappa shape index (κ1) is 35.7. The summed E-state index contributed by atoms with van der Waals surface area (Å²) in [7, 11) is 3.60. The Kier molecular flexibility index (Phi) is 12.5. The van der Waals surface area contributed by atoms with E-state index >= 15 is 0 Å². The number of morpholine rings is 1. The topological polar surface area (TPSA) is 123 Å². The highest BCUT2D eigenvalue weighted by molar-refractivity contribution is 6.30. The Morgan fingerprint density at radius 1 is 1.18 bits per heavy atom. The van der Waals surface area contributed by atoms with Gasteiger partial charge in [-0.25, -0.2) is 14.2 Å². The monoisotopic (exact) mass is 637 g/mol. The van der Waals surface area contributed by atoms with Gasteiger partial charge in [-0.3, -0.25) is 4.90 Å². The highest BCUT2D eigenvalue weighted by Crippen LogP contribution is 2.46. The number of hydrogen-bond acceptors (Lipinski definition) is 10. The number of halogens is 2. The average molecular weight is 638 g/mol.